The van der Waals surface area contributed by atoms with Gasteiger partial charge in [-0.15, -0.1) is 0 Å². The van der Waals surface area contributed by atoms with Crippen molar-refractivity contribution in [2.24, 2.45) is 0 Å². The maximum Gasteiger partial charge on any atom is 0.472 e. The lowest BCUT2D eigenvalue weighted by molar-refractivity contribution is -0.220. The Morgan fingerprint density at radius 3 is 1.60 bits per heavy atom. The zero-order valence-electron chi connectivity index (χ0n) is 28.5. The second kappa shape index (κ2) is 27.1. The van der Waals surface area contributed by atoms with E-state index >= 15 is 0 Å². The summed E-state index contributed by atoms with van der Waals surface area (Å²) in [5.41, 5.74) is 0. The Hall–Kier alpha value is -1.70. The SMILES string of the molecule is CC/C=C\C/C=C\C/C=C\C/C=C\CCCCCCCCCCCCC(=O)OCC(O)COP(=O)(O)OC1C(O)C(O)C(O)C(O)C1O. The molecule has 0 spiro atoms. The highest BCUT2D eigenvalue weighted by Gasteiger charge is 2.51. The molecule has 12 nitrogen and oxygen atoms in total. The average Bonchev–Trinajstić information content (AvgIpc) is 3.07. The second-order valence-corrected chi connectivity index (χ2v) is 13.6. The van der Waals surface area contributed by atoms with Gasteiger partial charge < -0.3 is 40.3 Å². The van der Waals surface area contributed by atoms with Crippen LogP contribution in [-0.2, 0) is 23.1 Å². The molecule has 1 saturated carbocycles. The third-order valence-electron chi connectivity index (χ3n) is 7.92. The van der Waals surface area contributed by atoms with Gasteiger partial charge in [0.05, 0.1) is 6.61 Å². The standard InChI is InChI=1S/C35H61O12P/c1-2-3-4-5-6-7-8-9-10-11-12-13-14-15-16-17-18-19-20-21-22-23-24-25-29(37)45-26-28(36)27-46-48(43,44)47-35-33(41)31(39)30(38)32(40)34(35)42/h3-4,6-7,9-10,12-13,28,30-36,38-42H,2,5,8,11,14-27H2,1H3,(H,43,44)/b4-3-,7-6-,10-9-,13-12-. The summed E-state index contributed by atoms with van der Waals surface area (Å²) in [6.07, 6.45) is 21.0. The van der Waals surface area contributed by atoms with Gasteiger partial charge in [-0.2, -0.15) is 0 Å². The average molecular weight is 705 g/mol. The highest BCUT2D eigenvalue weighted by Crippen LogP contribution is 2.47. The van der Waals surface area contributed by atoms with Crippen LogP contribution in [-0.4, -0.2) is 97.4 Å². The molecule has 13 heteroatoms. The molecule has 0 amide bonds. The van der Waals surface area contributed by atoms with E-state index in [-0.39, 0.29) is 6.42 Å². The monoisotopic (exact) mass is 704 g/mol. The van der Waals surface area contributed by atoms with Crippen LogP contribution in [0, 0.1) is 0 Å². The summed E-state index contributed by atoms with van der Waals surface area (Å²) in [7, 11) is -4.99. The largest absolute Gasteiger partial charge is 0.472 e. The lowest BCUT2D eigenvalue weighted by Crippen LogP contribution is -2.64. The molecule has 0 aromatic rings. The minimum Gasteiger partial charge on any atom is -0.463 e. The number of aliphatic hydroxyl groups excluding tert-OH is 6. The zero-order chi connectivity index (χ0) is 35.6. The molecule has 0 aromatic heterocycles. The van der Waals surface area contributed by atoms with Crippen molar-refractivity contribution in [2.45, 2.75) is 152 Å². The van der Waals surface area contributed by atoms with Crippen LogP contribution < -0.4 is 0 Å². The van der Waals surface area contributed by atoms with E-state index in [0.29, 0.717) is 6.42 Å². The van der Waals surface area contributed by atoms with Crippen LogP contribution in [0.3, 0.4) is 0 Å². The predicted molar refractivity (Wildman–Crippen MR) is 184 cm³/mol. The zero-order valence-corrected chi connectivity index (χ0v) is 29.4. The Balaban J connectivity index is 1.98. The van der Waals surface area contributed by atoms with Gasteiger partial charge in [0.1, 0.15) is 49.3 Å². The quantitative estimate of drug-likeness (QED) is 0.0269. The molecule has 0 radical (unpaired) electrons. The lowest BCUT2D eigenvalue weighted by Gasteiger charge is -2.41. The number of ether oxygens (including phenoxy) is 1. The molecule has 0 aliphatic heterocycles. The van der Waals surface area contributed by atoms with Crippen molar-refractivity contribution in [1.82, 2.24) is 0 Å². The molecule has 0 saturated heterocycles. The molecule has 278 valence electrons. The predicted octanol–water partition coefficient (Wildman–Crippen LogP) is 4.70. The Morgan fingerprint density at radius 2 is 1.08 bits per heavy atom. The summed E-state index contributed by atoms with van der Waals surface area (Å²) < 4.78 is 26.4. The molecule has 0 bridgehead atoms. The highest BCUT2D eigenvalue weighted by molar-refractivity contribution is 7.47. The molecule has 0 aromatic carbocycles. The minimum atomic E-state index is -4.99. The van der Waals surface area contributed by atoms with Crippen LogP contribution in [0.1, 0.15) is 110 Å². The van der Waals surface area contributed by atoms with E-state index in [1.807, 2.05) is 0 Å². The summed E-state index contributed by atoms with van der Waals surface area (Å²) in [6.45, 7) is 0.878. The first-order valence-electron chi connectivity index (χ1n) is 17.5. The summed E-state index contributed by atoms with van der Waals surface area (Å²) >= 11 is 0. The van der Waals surface area contributed by atoms with Gasteiger partial charge in [-0.05, 0) is 44.9 Å². The molecule has 1 rings (SSSR count). The Labute approximate surface area is 286 Å². The molecule has 1 aliphatic rings. The number of unbranched alkanes of at least 4 members (excludes halogenated alkanes) is 10. The van der Waals surface area contributed by atoms with Crippen molar-refractivity contribution in [3.05, 3.63) is 48.6 Å². The van der Waals surface area contributed by atoms with Crippen molar-refractivity contribution >= 4 is 13.8 Å². The smallest absolute Gasteiger partial charge is 0.463 e. The van der Waals surface area contributed by atoms with E-state index < -0.39 is 69.7 Å². The summed E-state index contributed by atoms with van der Waals surface area (Å²) in [5.74, 6) is -0.516. The first kappa shape index (κ1) is 44.3. The molecular formula is C35H61O12P. The van der Waals surface area contributed by atoms with E-state index in [9.17, 15) is 44.9 Å². The van der Waals surface area contributed by atoms with E-state index in [0.717, 1.165) is 51.4 Å². The Morgan fingerprint density at radius 1 is 0.646 bits per heavy atom. The molecule has 6 unspecified atom stereocenters. The molecule has 1 aliphatic carbocycles. The molecular weight excluding hydrogens is 643 g/mol. The second-order valence-electron chi connectivity index (χ2n) is 12.2. The van der Waals surface area contributed by atoms with Gasteiger partial charge in [-0.25, -0.2) is 4.57 Å². The number of hydrogen-bond donors (Lipinski definition) is 7. The van der Waals surface area contributed by atoms with Gasteiger partial charge >= 0.3 is 13.8 Å². The van der Waals surface area contributed by atoms with Gasteiger partial charge in [0.15, 0.2) is 0 Å². The first-order valence-corrected chi connectivity index (χ1v) is 19.0. The first-order chi connectivity index (χ1) is 23.0. The van der Waals surface area contributed by atoms with Crippen molar-refractivity contribution in [3.63, 3.8) is 0 Å². The van der Waals surface area contributed by atoms with Gasteiger partial charge in [0.2, 0.25) is 0 Å². The van der Waals surface area contributed by atoms with Gasteiger partial charge in [0.25, 0.3) is 0 Å². The highest BCUT2D eigenvalue weighted by atomic mass is 31.2. The molecule has 1 fully saturated rings. The van der Waals surface area contributed by atoms with E-state index in [1.165, 1.54) is 38.5 Å². The molecule has 0 heterocycles. The number of carbonyl (C=O) groups excluding carboxylic acids is 1. The summed E-state index contributed by atoms with van der Waals surface area (Å²) in [6, 6.07) is 0. The summed E-state index contributed by atoms with van der Waals surface area (Å²) in [5, 5.41) is 58.7. The number of allylic oxidation sites excluding steroid dienone is 8. The Bertz CT molecular complexity index is 984. The number of phosphoric acid groups is 1. The van der Waals surface area contributed by atoms with Crippen LogP contribution in [0.4, 0.5) is 0 Å². The van der Waals surface area contributed by atoms with Crippen molar-refractivity contribution < 1.29 is 58.7 Å². The van der Waals surface area contributed by atoms with Gasteiger partial charge in [0, 0.05) is 6.42 Å². The number of hydrogen-bond acceptors (Lipinski definition) is 11. The lowest BCUT2D eigenvalue weighted by atomic mass is 9.85. The van der Waals surface area contributed by atoms with Crippen molar-refractivity contribution in [2.75, 3.05) is 13.2 Å². The summed E-state index contributed by atoms with van der Waals surface area (Å²) in [4.78, 5) is 21.8. The maximum absolute atomic E-state index is 12.2. The number of phosphoric ester groups is 1. The number of rotatable bonds is 27. The fourth-order valence-electron chi connectivity index (χ4n) is 5.04. The maximum atomic E-state index is 12.2. The third kappa shape index (κ3) is 20.7. The molecule has 7 N–H and O–H groups in total. The van der Waals surface area contributed by atoms with Crippen LogP contribution >= 0.6 is 7.82 Å². The van der Waals surface area contributed by atoms with Crippen LogP contribution in [0.5, 0.6) is 0 Å². The number of carbonyl (C=O) groups is 1. The normalized spacial score (nSPS) is 25.4. The van der Waals surface area contributed by atoms with E-state index in [1.54, 1.807) is 0 Å². The topological polar surface area (TPSA) is 203 Å². The van der Waals surface area contributed by atoms with Gasteiger partial charge in [-0.3, -0.25) is 13.8 Å². The fourth-order valence-corrected chi connectivity index (χ4v) is 6.02. The van der Waals surface area contributed by atoms with Crippen LogP contribution in [0.25, 0.3) is 0 Å². The number of esters is 1. The van der Waals surface area contributed by atoms with Crippen LogP contribution in [0.15, 0.2) is 48.6 Å². The minimum absolute atomic E-state index is 0.183. The van der Waals surface area contributed by atoms with E-state index in [4.69, 9.17) is 4.74 Å². The fraction of sp³-hybridized carbons (Fsp3) is 0.743. The molecule has 48 heavy (non-hydrogen) atoms. The van der Waals surface area contributed by atoms with Crippen molar-refractivity contribution in [1.29, 1.82) is 0 Å². The third-order valence-corrected chi connectivity index (χ3v) is 8.90. The Kier molecular flexibility index (Phi) is 25.0. The number of aliphatic hydroxyl groups is 6. The van der Waals surface area contributed by atoms with E-state index in [2.05, 4.69) is 64.6 Å². The molecule has 6 atom stereocenters. The van der Waals surface area contributed by atoms with Crippen LogP contribution in [0.2, 0.25) is 0 Å². The van der Waals surface area contributed by atoms with Gasteiger partial charge in [-0.1, -0.05) is 107 Å². The van der Waals surface area contributed by atoms with Crippen molar-refractivity contribution in [3.8, 4) is 0 Å².